The lowest BCUT2D eigenvalue weighted by molar-refractivity contribution is 0.0695. The molecule has 0 amide bonds. The van der Waals surface area contributed by atoms with Crippen LogP contribution in [0.3, 0.4) is 0 Å². The SMILES string of the molecule is CC1CCN(c2nc3c(cc2F)c(=O)c(C(=O)O)cn3C2CC2)C1N. The van der Waals surface area contributed by atoms with E-state index in [1.165, 1.54) is 6.20 Å². The van der Waals surface area contributed by atoms with E-state index in [-0.39, 0.29) is 34.9 Å². The molecule has 0 radical (unpaired) electrons. The van der Waals surface area contributed by atoms with Gasteiger partial charge in [0.1, 0.15) is 11.2 Å². The van der Waals surface area contributed by atoms with Gasteiger partial charge in [-0.25, -0.2) is 14.2 Å². The van der Waals surface area contributed by atoms with Crippen molar-refractivity contribution in [2.75, 3.05) is 11.4 Å². The van der Waals surface area contributed by atoms with Gasteiger partial charge >= 0.3 is 5.97 Å². The monoisotopic (exact) mass is 346 g/mol. The van der Waals surface area contributed by atoms with Crippen molar-refractivity contribution in [3.63, 3.8) is 0 Å². The lowest BCUT2D eigenvalue weighted by Crippen LogP contribution is -2.40. The van der Waals surface area contributed by atoms with Crippen molar-refractivity contribution in [3.8, 4) is 0 Å². The molecule has 7 nitrogen and oxygen atoms in total. The van der Waals surface area contributed by atoms with Crippen molar-refractivity contribution in [2.24, 2.45) is 11.7 Å². The maximum absolute atomic E-state index is 14.7. The van der Waals surface area contributed by atoms with Crippen LogP contribution >= 0.6 is 0 Å². The van der Waals surface area contributed by atoms with Crippen LogP contribution < -0.4 is 16.1 Å². The van der Waals surface area contributed by atoms with Crippen LogP contribution in [0, 0.1) is 11.7 Å². The number of rotatable bonds is 3. The van der Waals surface area contributed by atoms with Crippen LogP contribution in [0.5, 0.6) is 0 Å². The van der Waals surface area contributed by atoms with Crippen LogP contribution in [0.15, 0.2) is 17.1 Å². The number of halogens is 1. The molecule has 2 atom stereocenters. The standard InChI is InChI=1S/C17H19FN4O3/c1-8-4-5-21(14(8)19)16-12(18)6-10-13(23)11(17(24)25)7-22(9-2-3-9)15(10)20-16/h6-9,14H,2-5,19H2,1H3,(H,24,25). The number of anilines is 1. The van der Waals surface area contributed by atoms with Gasteiger partial charge in [-0.2, -0.15) is 0 Å². The van der Waals surface area contributed by atoms with Crippen LogP contribution in [0.4, 0.5) is 10.2 Å². The highest BCUT2D eigenvalue weighted by molar-refractivity contribution is 5.92. The van der Waals surface area contributed by atoms with Crippen molar-refractivity contribution < 1.29 is 14.3 Å². The predicted octanol–water partition coefficient (Wildman–Crippen LogP) is 1.70. The van der Waals surface area contributed by atoms with Gasteiger partial charge in [-0.15, -0.1) is 0 Å². The fraction of sp³-hybridized carbons (Fsp3) is 0.471. The second-order valence-electron chi connectivity index (χ2n) is 6.93. The van der Waals surface area contributed by atoms with Crippen LogP contribution in [0.25, 0.3) is 11.0 Å². The molecule has 2 fully saturated rings. The molecule has 1 aliphatic carbocycles. The Kier molecular flexibility index (Phi) is 3.54. The summed E-state index contributed by atoms with van der Waals surface area (Å²) in [6.45, 7) is 2.60. The maximum atomic E-state index is 14.7. The first-order valence-corrected chi connectivity index (χ1v) is 8.39. The van der Waals surface area contributed by atoms with Gasteiger partial charge in [0.2, 0.25) is 5.43 Å². The first-order chi connectivity index (χ1) is 11.9. The van der Waals surface area contributed by atoms with Crippen LogP contribution in [0.2, 0.25) is 0 Å². The Hall–Kier alpha value is -2.48. The average molecular weight is 346 g/mol. The molecule has 4 rings (SSSR count). The first-order valence-electron chi connectivity index (χ1n) is 8.39. The summed E-state index contributed by atoms with van der Waals surface area (Å²) in [5, 5.41) is 9.25. The Balaban J connectivity index is 1.96. The number of pyridine rings is 2. The van der Waals surface area contributed by atoms with Crippen molar-refractivity contribution >= 4 is 22.8 Å². The molecule has 1 saturated carbocycles. The van der Waals surface area contributed by atoms with Crippen LogP contribution in [0.1, 0.15) is 42.6 Å². The predicted molar refractivity (Wildman–Crippen MR) is 90.3 cm³/mol. The van der Waals surface area contributed by atoms with E-state index in [1.54, 1.807) is 9.47 Å². The maximum Gasteiger partial charge on any atom is 0.341 e. The van der Waals surface area contributed by atoms with Crippen molar-refractivity contribution in [2.45, 2.75) is 38.4 Å². The molecule has 2 aromatic heterocycles. The smallest absolute Gasteiger partial charge is 0.341 e. The topological polar surface area (TPSA) is 101 Å². The lowest BCUT2D eigenvalue weighted by Gasteiger charge is -2.25. The van der Waals surface area contributed by atoms with E-state index in [0.717, 1.165) is 25.3 Å². The van der Waals surface area contributed by atoms with Crippen LogP contribution in [-0.4, -0.2) is 33.3 Å². The molecule has 132 valence electrons. The summed E-state index contributed by atoms with van der Waals surface area (Å²) in [5.41, 5.74) is 5.39. The lowest BCUT2D eigenvalue weighted by atomic mass is 10.1. The van der Waals surface area contributed by atoms with E-state index in [0.29, 0.717) is 12.2 Å². The molecule has 3 N–H and O–H groups in total. The van der Waals surface area contributed by atoms with Crippen LogP contribution in [-0.2, 0) is 0 Å². The highest BCUT2D eigenvalue weighted by Gasteiger charge is 2.33. The zero-order valence-electron chi connectivity index (χ0n) is 13.8. The molecule has 0 spiro atoms. The Morgan fingerprint density at radius 2 is 2.12 bits per heavy atom. The van der Waals surface area contributed by atoms with Crippen molar-refractivity contribution in [1.82, 2.24) is 9.55 Å². The summed E-state index contributed by atoms with van der Waals surface area (Å²) in [5.74, 6) is -1.63. The van der Waals surface area contributed by atoms with E-state index >= 15 is 0 Å². The van der Waals surface area contributed by atoms with Gasteiger partial charge in [-0.1, -0.05) is 6.92 Å². The molecular weight excluding hydrogens is 327 g/mol. The fourth-order valence-corrected chi connectivity index (χ4v) is 3.44. The summed E-state index contributed by atoms with van der Waals surface area (Å²) in [7, 11) is 0. The Morgan fingerprint density at radius 1 is 1.40 bits per heavy atom. The number of fused-ring (bicyclic) bond motifs is 1. The van der Waals surface area contributed by atoms with Gasteiger partial charge in [-0.05, 0) is 31.2 Å². The van der Waals surface area contributed by atoms with E-state index in [9.17, 15) is 19.1 Å². The highest BCUT2D eigenvalue weighted by Crippen LogP contribution is 2.37. The van der Waals surface area contributed by atoms with E-state index in [1.807, 2.05) is 6.92 Å². The average Bonchev–Trinajstić information content (AvgIpc) is 3.35. The number of carbonyl (C=O) groups is 1. The molecule has 25 heavy (non-hydrogen) atoms. The summed E-state index contributed by atoms with van der Waals surface area (Å²) in [6.07, 6.45) is 3.59. The Bertz CT molecular complexity index is 938. The third-order valence-electron chi connectivity index (χ3n) is 5.15. The number of carboxylic acid groups (broad SMARTS) is 1. The highest BCUT2D eigenvalue weighted by atomic mass is 19.1. The quantitative estimate of drug-likeness (QED) is 0.877. The minimum absolute atomic E-state index is 0.00568. The molecule has 3 heterocycles. The molecule has 0 aromatic carbocycles. The minimum Gasteiger partial charge on any atom is -0.477 e. The van der Waals surface area contributed by atoms with Crippen molar-refractivity contribution in [1.29, 1.82) is 0 Å². The molecule has 8 heteroatoms. The third kappa shape index (κ3) is 2.48. The van der Waals surface area contributed by atoms with E-state index in [4.69, 9.17) is 5.73 Å². The third-order valence-corrected chi connectivity index (χ3v) is 5.15. The fourth-order valence-electron chi connectivity index (χ4n) is 3.44. The number of nitrogens with two attached hydrogens (primary N) is 1. The second kappa shape index (κ2) is 5.52. The van der Waals surface area contributed by atoms with Gasteiger partial charge < -0.3 is 20.3 Å². The number of nitrogens with zero attached hydrogens (tertiary/aromatic N) is 3. The largest absolute Gasteiger partial charge is 0.477 e. The molecule has 1 saturated heterocycles. The molecule has 2 aromatic rings. The minimum atomic E-state index is -1.32. The summed E-state index contributed by atoms with van der Waals surface area (Å²) in [4.78, 5) is 29.9. The Morgan fingerprint density at radius 3 is 2.68 bits per heavy atom. The first kappa shape index (κ1) is 16.0. The molecular formula is C17H19FN4O3. The van der Waals surface area contributed by atoms with Gasteiger partial charge in [0.05, 0.1) is 11.6 Å². The second-order valence-corrected chi connectivity index (χ2v) is 6.93. The zero-order chi connectivity index (χ0) is 17.9. The molecule has 1 aliphatic heterocycles. The molecule has 2 unspecified atom stereocenters. The number of carboxylic acids is 1. The van der Waals surface area contributed by atoms with Gasteiger partial charge in [0.25, 0.3) is 0 Å². The molecule has 2 aliphatic rings. The van der Waals surface area contributed by atoms with Crippen molar-refractivity contribution in [3.05, 3.63) is 33.9 Å². The summed E-state index contributed by atoms with van der Waals surface area (Å²) >= 11 is 0. The number of hydrogen-bond donors (Lipinski definition) is 2. The van der Waals surface area contributed by atoms with E-state index in [2.05, 4.69) is 4.98 Å². The van der Waals surface area contributed by atoms with Gasteiger partial charge in [0, 0.05) is 18.8 Å². The summed E-state index contributed by atoms with van der Waals surface area (Å²) < 4.78 is 16.4. The normalized spacial score (nSPS) is 23.4. The number of hydrogen-bond acceptors (Lipinski definition) is 5. The summed E-state index contributed by atoms with van der Waals surface area (Å²) in [6, 6.07) is 1.19. The number of aromatic nitrogens is 2. The van der Waals surface area contributed by atoms with Gasteiger partial charge in [-0.3, -0.25) is 4.79 Å². The Labute approximate surface area is 142 Å². The zero-order valence-corrected chi connectivity index (χ0v) is 13.8. The van der Waals surface area contributed by atoms with Gasteiger partial charge in [0.15, 0.2) is 11.6 Å². The molecule has 0 bridgehead atoms. The number of aromatic carboxylic acids is 1. The van der Waals surface area contributed by atoms with E-state index < -0.39 is 17.2 Å².